The SMILES string of the molecule is Cc1ccccc1C1(CN)CC(C)C1. The first kappa shape index (κ1) is 9.72. The van der Waals surface area contributed by atoms with E-state index in [0.717, 1.165) is 12.5 Å². The summed E-state index contributed by atoms with van der Waals surface area (Å²) in [6.07, 6.45) is 2.52. The van der Waals surface area contributed by atoms with Crippen LogP contribution in [0.1, 0.15) is 30.9 Å². The van der Waals surface area contributed by atoms with Crippen LogP contribution in [0, 0.1) is 12.8 Å². The van der Waals surface area contributed by atoms with Crippen LogP contribution < -0.4 is 5.73 Å². The van der Waals surface area contributed by atoms with Crippen LogP contribution in [-0.2, 0) is 5.41 Å². The molecule has 0 spiro atoms. The fraction of sp³-hybridized carbons (Fsp3) is 0.538. The zero-order valence-electron chi connectivity index (χ0n) is 9.09. The molecule has 1 aromatic carbocycles. The second-order valence-electron chi connectivity index (χ2n) is 4.81. The molecular formula is C13H19N. The van der Waals surface area contributed by atoms with Gasteiger partial charge in [-0.25, -0.2) is 0 Å². The molecule has 2 N–H and O–H groups in total. The molecule has 0 atom stereocenters. The molecule has 1 saturated carbocycles. The van der Waals surface area contributed by atoms with Crippen LogP contribution in [0.3, 0.4) is 0 Å². The molecule has 0 aliphatic heterocycles. The molecule has 2 rings (SSSR count). The third-order valence-electron chi connectivity index (χ3n) is 3.59. The Morgan fingerprint density at radius 1 is 1.36 bits per heavy atom. The van der Waals surface area contributed by atoms with Crippen molar-refractivity contribution >= 4 is 0 Å². The molecule has 0 bridgehead atoms. The Bertz CT molecular complexity index is 324. The van der Waals surface area contributed by atoms with Crippen LogP contribution in [0.5, 0.6) is 0 Å². The summed E-state index contributed by atoms with van der Waals surface area (Å²) in [5, 5.41) is 0. The maximum Gasteiger partial charge on any atom is 0.00832 e. The van der Waals surface area contributed by atoms with Crippen molar-refractivity contribution in [3.05, 3.63) is 35.4 Å². The van der Waals surface area contributed by atoms with Crippen LogP contribution in [0.25, 0.3) is 0 Å². The molecule has 76 valence electrons. The Morgan fingerprint density at radius 2 is 2.00 bits per heavy atom. The highest BCUT2D eigenvalue weighted by Gasteiger charge is 2.42. The van der Waals surface area contributed by atoms with E-state index in [0.29, 0.717) is 5.41 Å². The van der Waals surface area contributed by atoms with Crippen LogP contribution in [0.15, 0.2) is 24.3 Å². The van der Waals surface area contributed by atoms with E-state index in [9.17, 15) is 0 Å². The molecule has 1 aliphatic rings. The molecule has 0 saturated heterocycles. The monoisotopic (exact) mass is 189 g/mol. The first-order valence-electron chi connectivity index (χ1n) is 5.44. The summed E-state index contributed by atoms with van der Waals surface area (Å²) >= 11 is 0. The van der Waals surface area contributed by atoms with Crippen molar-refractivity contribution < 1.29 is 0 Å². The molecule has 1 heteroatoms. The van der Waals surface area contributed by atoms with Crippen molar-refractivity contribution in [2.75, 3.05) is 6.54 Å². The topological polar surface area (TPSA) is 26.0 Å². The predicted molar refractivity (Wildman–Crippen MR) is 60.3 cm³/mol. The first-order valence-corrected chi connectivity index (χ1v) is 5.44. The van der Waals surface area contributed by atoms with Crippen molar-refractivity contribution in [2.45, 2.75) is 32.1 Å². The fourth-order valence-electron chi connectivity index (χ4n) is 2.94. The van der Waals surface area contributed by atoms with Crippen LogP contribution in [-0.4, -0.2) is 6.54 Å². The Hall–Kier alpha value is -0.820. The minimum Gasteiger partial charge on any atom is -0.330 e. The van der Waals surface area contributed by atoms with E-state index in [1.54, 1.807) is 0 Å². The van der Waals surface area contributed by atoms with Gasteiger partial charge in [-0.2, -0.15) is 0 Å². The summed E-state index contributed by atoms with van der Waals surface area (Å²) in [6, 6.07) is 8.66. The maximum absolute atomic E-state index is 5.93. The van der Waals surface area contributed by atoms with Gasteiger partial charge in [0.1, 0.15) is 0 Å². The molecule has 14 heavy (non-hydrogen) atoms. The van der Waals surface area contributed by atoms with Gasteiger partial charge in [-0.1, -0.05) is 31.2 Å². The molecule has 1 fully saturated rings. The van der Waals surface area contributed by atoms with Crippen LogP contribution in [0.4, 0.5) is 0 Å². The highest BCUT2D eigenvalue weighted by atomic mass is 14.6. The van der Waals surface area contributed by atoms with E-state index in [1.807, 2.05) is 0 Å². The Kier molecular flexibility index (Phi) is 2.36. The Labute approximate surface area is 86.3 Å². The summed E-state index contributed by atoms with van der Waals surface area (Å²) in [4.78, 5) is 0. The molecular weight excluding hydrogens is 170 g/mol. The minimum absolute atomic E-state index is 0.296. The van der Waals surface area contributed by atoms with Crippen molar-refractivity contribution in [3.8, 4) is 0 Å². The van der Waals surface area contributed by atoms with Crippen LogP contribution >= 0.6 is 0 Å². The summed E-state index contributed by atoms with van der Waals surface area (Å²) in [5.74, 6) is 0.846. The van der Waals surface area contributed by atoms with Crippen LogP contribution in [0.2, 0.25) is 0 Å². The minimum atomic E-state index is 0.296. The lowest BCUT2D eigenvalue weighted by Gasteiger charge is -2.47. The third-order valence-corrected chi connectivity index (χ3v) is 3.59. The molecule has 0 aromatic heterocycles. The van der Waals surface area contributed by atoms with E-state index in [4.69, 9.17) is 5.73 Å². The lowest BCUT2D eigenvalue weighted by atomic mass is 9.58. The highest BCUT2D eigenvalue weighted by Crippen LogP contribution is 2.47. The quantitative estimate of drug-likeness (QED) is 0.760. The van der Waals surface area contributed by atoms with Crippen molar-refractivity contribution in [1.82, 2.24) is 0 Å². The zero-order valence-corrected chi connectivity index (χ0v) is 9.09. The number of rotatable bonds is 2. The lowest BCUT2D eigenvalue weighted by Crippen LogP contribution is -2.46. The van der Waals surface area contributed by atoms with Crippen molar-refractivity contribution in [3.63, 3.8) is 0 Å². The maximum atomic E-state index is 5.93. The summed E-state index contributed by atoms with van der Waals surface area (Å²) in [5.41, 5.74) is 9.09. The van der Waals surface area contributed by atoms with Gasteiger partial charge < -0.3 is 5.73 Å². The van der Waals surface area contributed by atoms with Gasteiger partial charge in [0.25, 0.3) is 0 Å². The molecule has 0 heterocycles. The van der Waals surface area contributed by atoms with Crippen molar-refractivity contribution in [1.29, 1.82) is 0 Å². The lowest BCUT2D eigenvalue weighted by molar-refractivity contribution is 0.164. The molecule has 1 aromatic rings. The third kappa shape index (κ3) is 1.36. The standard InChI is InChI=1S/C13H19N/c1-10-7-13(8-10,9-14)12-6-4-3-5-11(12)2/h3-6,10H,7-9,14H2,1-2H3. The van der Waals surface area contributed by atoms with Gasteiger partial charge in [-0.15, -0.1) is 0 Å². The average molecular weight is 189 g/mol. The normalized spacial score (nSPS) is 31.2. The average Bonchev–Trinajstić information content (AvgIpc) is 2.14. The van der Waals surface area contributed by atoms with Gasteiger partial charge in [0.05, 0.1) is 0 Å². The van der Waals surface area contributed by atoms with E-state index in [1.165, 1.54) is 24.0 Å². The number of nitrogens with two attached hydrogens (primary N) is 1. The van der Waals surface area contributed by atoms with E-state index in [2.05, 4.69) is 38.1 Å². The van der Waals surface area contributed by atoms with E-state index >= 15 is 0 Å². The second-order valence-corrected chi connectivity index (χ2v) is 4.81. The van der Waals surface area contributed by atoms with Gasteiger partial charge in [0, 0.05) is 12.0 Å². The zero-order chi connectivity index (χ0) is 10.2. The van der Waals surface area contributed by atoms with E-state index < -0.39 is 0 Å². The van der Waals surface area contributed by atoms with Gasteiger partial charge in [0.15, 0.2) is 0 Å². The van der Waals surface area contributed by atoms with Gasteiger partial charge in [0.2, 0.25) is 0 Å². The summed E-state index contributed by atoms with van der Waals surface area (Å²) in [6.45, 7) is 5.30. The predicted octanol–water partition coefficient (Wildman–Crippen LogP) is 2.62. The number of hydrogen-bond donors (Lipinski definition) is 1. The smallest absolute Gasteiger partial charge is 0.00832 e. The Morgan fingerprint density at radius 3 is 2.50 bits per heavy atom. The largest absolute Gasteiger partial charge is 0.330 e. The van der Waals surface area contributed by atoms with E-state index in [-0.39, 0.29) is 0 Å². The number of aryl methyl sites for hydroxylation is 1. The molecule has 1 aliphatic carbocycles. The van der Waals surface area contributed by atoms with Gasteiger partial charge >= 0.3 is 0 Å². The number of benzene rings is 1. The summed E-state index contributed by atoms with van der Waals surface area (Å²) in [7, 11) is 0. The van der Waals surface area contributed by atoms with Gasteiger partial charge in [-0.05, 0) is 36.8 Å². The Balaban J connectivity index is 2.34. The van der Waals surface area contributed by atoms with Crippen molar-refractivity contribution in [2.24, 2.45) is 11.7 Å². The second kappa shape index (κ2) is 3.39. The molecule has 1 nitrogen and oxygen atoms in total. The molecule has 0 radical (unpaired) electrons. The summed E-state index contributed by atoms with van der Waals surface area (Å²) < 4.78 is 0. The number of hydrogen-bond acceptors (Lipinski definition) is 1. The fourth-order valence-corrected chi connectivity index (χ4v) is 2.94. The molecule has 0 amide bonds. The molecule has 0 unspecified atom stereocenters. The van der Waals surface area contributed by atoms with Gasteiger partial charge in [-0.3, -0.25) is 0 Å². The first-order chi connectivity index (χ1) is 6.68. The highest BCUT2D eigenvalue weighted by molar-refractivity contribution is 5.36.